The van der Waals surface area contributed by atoms with Gasteiger partial charge in [-0.25, -0.2) is 0 Å². The number of hydrogen-bond acceptors (Lipinski definition) is 2. The summed E-state index contributed by atoms with van der Waals surface area (Å²) >= 11 is 1.77. The Morgan fingerprint density at radius 3 is 2.75 bits per heavy atom. The largest absolute Gasteiger partial charge is 0.330 e. The third kappa shape index (κ3) is 3.48. The van der Waals surface area contributed by atoms with Crippen molar-refractivity contribution in [1.82, 2.24) is 0 Å². The molecule has 0 saturated heterocycles. The van der Waals surface area contributed by atoms with Gasteiger partial charge in [0, 0.05) is 4.90 Å². The van der Waals surface area contributed by atoms with Gasteiger partial charge in [-0.3, -0.25) is 0 Å². The zero-order valence-corrected chi connectivity index (χ0v) is 8.75. The first-order valence-electron chi connectivity index (χ1n) is 3.70. The van der Waals surface area contributed by atoms with Gasteiger partial charge in [-0.2, -0.15) is 0 Å². The van der Waals surface area contributed by atoms with Gasteiger partial charge < -0.3 is 5.73 Å². The monoisotopic (exact) mass is 203 g/mol. The number of thioether (sulfide) groups is 1. The van der Waals surface area contributed by atoms with Crippen molar-refractivity contribution < 1.29 is 0 Å². The normalized spacial score (nSPS) is 9.17. The minimum absolute atomic E-state index is 0. The second-order valence-electron chi connectivity index (χ2n) is 2.39. The lowest BCUT2D eigenvalue weighted by molar-refractivity contribution is 0.964. The van der Waals surface area contributed by atoms with Crippen LogP contribution in [0, 0.1) is 0 Å². The molecule has 1 aromatic carbocycles. The molecule has 2 N–H and O–H groups in total. The first kappa shape index (κ1) is 11.8. The van der Waals surface area contributed by atoms with E-state index in [0.29, 0.717) is 0 Å². The lowest BCUT2D eigenvalue weighted by Crippen LogP contribution is -2.02. The number of hydrogen-bond donors (Lipinski definition) is 1. The molecule has 0 fully saturated rings. The van der Waals surface area contributed by atoms with E-state index in [1.807, 2.05) is 0 Å². The maximum atomic E-state index is 5.45. The Morgan fingerprint density at radius 2 is 2.17 bits per heavy atom. The molecule has 0 atom stereocenters. The summed E-state index contributed by atoms with van der Waals surface area (Å²) < 4.78 is 0. The third-order valence-corrected chi connectivity index (χ3v) is 2.29. The van der Waals surface area contributed by atoms with E-state index in [1.54, 1.807) is 11.8 Å². The standard InChI is InChI=1S/C9H13NS.ClH/c1-11-9-4-2-3-8(7-9)5-6-10;/h2-4,7H,5-6,10H2,1H3;1H. The van der Waals surface area contributed by atoms with Crippen molar-refractivity contribution in [3.05, 3.63) is 29.8 Å². The Hall–Kier alpha value is -0.180. The van der Waals surface area contributed by atoms with Gasteiger partial charge in [0.2, 0.25) is 0 Å². The fourth-order valence-corrected chi connectivity index (χ4v) is 1.48. The molecular weight excluding hydrogens is 190 g/mol. The van der Waals surface area contributed by atoms with Crippen LogP contribution in [-0.4, -0.2) is 12.8 Å². The first-order chi connectivity index (χ1) is 5.36. The van der Waals surface area contributed by atoms with Crippen LogP contribution >= 0.6 is 24.2 Å². The molecule has 1 nitrogen and oxygen atoms in total. The third-order valence-electron chi connectivity index (χ3n) is 1.57. The van der Waals surface area contributed by atoms with Crippen molar-refractivity contribution in [2.75, 3.05) is 12.8 Å². The van der Waals surface area contributed by atoms with Gasteiger partial charge in [-0.1, -0.05) is 12.1 Å². The van der Waals surface area contributed by atoms with Crippen molar-refractivity contribution in [1.29, 1.82) is 0 Å². The fraction of sp³-hybridized carbons (Fsp3) is 0.333. The van der Waals surface area contributed by atoms with Crippen LogP contribution in [0.5, 0.6) is 0 Å². The quantitative estimate of drug-likeness (QED) is 0.764. The van der Waals surface area contributed by atoms with Crippen LogP contribution in [-0.2, 0) is 6.42 Å². The fourth-order valence-electron chi connectivity index (χ4n) is 0.995. The molecule has 0 radical (unpaired) electrons. The highest BCUT2D eigenvalue weighted by molar-refractivity contribution is 7.98. The van der Waals surface area contributed by atoms with Gasteiger partial charge >= 0.3 is 0 Å². The molecule has 0 aliphatic rings. The molecule has 0 aliphatic heterocycles. The summed E-state index contributed by atoms with van der Waals surface area (Å²) in [6.45, 7) is 0.734. The van der Waals surface area contributed by atoms with Crippen LogP contribution in [0.1, 0.15) is 5.56 Å². The average molecular weight is 204 g/mol. The highest BCUT2D eigenvalue weighted by atomic mass is 35.5. The van der Waals surface area contributed by atoms with E-state index in [2.05, 4.69) is 30.5 Å². The Labute approximate surface area is 84.1 Å². The molecule has 0 saturated carbocycles. The minimum Gasteiger partial charge on any atom is -0.330 e. The number of benzene rings is 1. The van der Waals surface area contributed by atoms with E-state index in [4.69, 9.17) is 5.73 Å². The molecular formula is C9H14ClNS. The summed E-state index contributed by atoms with van der Waals surface area (Å²) in [5.74, 6) is 0. The van der Waals surface area contributed by atoms with Crippen LogP contribution in [0.4, 0.5) is 0 Å². The van der Waals surface area contributed by atoms with Crippen LogP contribution in [0.15, 0.2) is 29.2 Å². The van der Waals surface area contributed by atoms with Crippen LogP contribution in [0.25, 0.3) is 0 Å². The van der Waals surface area contributed by atoms with Crippen molar-refractivity contribution in [3.8, 4) is 0 Å². The lowest BCUT2D eigenvalue weighted by atomic mass is 10.2. The van der Waals surface area contributed by atoms with Gasteiger partial charge in [-0.15, -0.1) is 24.2 Å². The lowest BCUT2D eigenvalue weighted by Gasteiger charge is -2.00. The highest BCUT2D eigenvalue weighted by Crippen LogP contribution is 2.15. The van der Waals surface area contributed by atoms with E-state index in [0.717, 1.165) is 13.0 Å². The first-order valence-corrected chi connectivity index (χ1v) is 4.92. The van der Waals surface area contributed by atoms with Gasteiger partial charge in [0.25, 0.3) is 0 Å². The summed E-state index contributed by atoms with van der Waals surface area (Å²) in [6.07, 6.45) is 3.07. The molecule has 0 aliphatic carbocycles. The summed E-state index contributed by atoms with van der Waals surface area (Å²) in [5, 5.41) is 0. The summed E-state index contributed by atoms with van der Waals surface area (Å²) in [6, 6.07) is 8.51. The average Bonchev–Trinajstić information content (AvgIpc) is 2.06. The predicted molar refractivity (Wildman–Crippen MR) is 58.2 cm³/mol. The molecule has 12 heavy (non-hydrogen) atoms. The second-order valence-corrected chi connectivity index (χ2v) is 3.27. The van der Waals surface area contributed by atoms with E-state index < -0.39 is 0 Å². The zero-order valence-electron chi connectivity index (χ0n) is 7.12. The van der Waals surface area contributed by atoms with Gasteiger partial charge in [0.1, 0.15) is 0 Å². The van der Waals surface area contributed by atoms with Crippen molar-refractivity contribution >= 4 is 24.2 Å². The van der Waals surface area contributed by atoms with Crippen LogP contribution in [0.2, 0.25) is 0 Å². The zero-order chi connectivity index (χ0) is 8.10. The minimum atomic E-state index is 0. The number of nitrogens with two attached hydrogens (primary N) is 1. The van der Waals surface area contributed by atoms with E-state index in [1.165, 1.54) is 10.5 Å². The van der Waals surface area contributed by atoms with Gasteiger partial charge in [0.15, 0.2) is 0 Å². The Kier molecular flexibility index (Phi) is 6.25. The molecule has 1 aromatic rings. The van der Waals surface area contributed by atoms with Gasteiger partial charge in [0.05, 0.1) is 0 Å². The Balaban J connectivity index is 0.00000121. The molecule has 0 aromatic heterocycles. The maximum Gasteiger partial charge on any atom is 0.00718 e. The molecule has 1 rings (SSSR count). The Bertz CT molecular complexity index is 228. The molecule has 0 amide bonds. The van der Waals surface area contributed by atoms with E-state index in [9.17, 15) is 0 Å². The van der Waals surface area contributed by atoms with Crippen LogP contribution in [0.3, 0.4) is 0 Å². The number of rotatable bonds is 3. The molecule has 0 heterocycles. The molecule has 0 bridgehead atoms. The smallest absolute Gasteiger partial charge is 0.00718 e. The number of halogens is 1. The van der Waals surface area contributed by atoms with E-state index in [-0.39, 0.29) is 12.4 Å². The molecule has 0 unspecified atom stereocenters. The molecule has 3 heteroatoms. The van der Waals surface area contributed by atoms with Crippen molar-refractivity contribution in [2.24, 2.45) is 5.73 Å². The van der Waals surface area contributed by atoms with Gasteiger partial charge in [-0.05, 0) is 36.9 Å². The van der Waals surface area contributed by atoms with Crippen LogP contribution < -0.4 is 5.73 Å². The van der Waals surface area contributed by atoms with Crippen molar-refractivity contribution in [2.45, 2.75) is 11.3 Å². The molecule has 68 valence electrons. The van der Waals surface area contributed by atoms with Crippen molar-refractivity contribution in [3.63, 3.8) is 0 Å². The summed E-state index contributed by atoms with van der Waals surface area (Å²) in [4.78, 5) is 1.32. The topological polar surface area (TPSA) is 26.0 Å². The SMILES string of the molecule is CSc1cccc(CCN)c1.Cl. The predicted octanol–water partition coefficient (Wildman–Crippen LogP) is 2.33. The second kappa shape index (κ2) is 6.35. The summed E-state index contributed by atoms with van der Waals surface area (Å²) in [7, 11) is 0. The van der Waals surface area contributed by atoms with E-state index >= 15 is 0 Å². The highest BCUT2D eigenvalue weighted by Gasteiger charge is 1.92. The molecule has 0 spiro atoms. The maximum absolute atomic E-state index is 5.45. The summed E-state index contributed by atoms with van der Waals surface area (Å²) in [5.41, 5.74) is 6.78. The Morgan fingerprint density at radius 1 is 1.42 bits per heavy atom.